The van der Waals surface area contributed by atoms with Gasteiger partial charge in [0.05, 0.1) is 0 Å². The molecule has 1 saturated carbocycles. The molecule has 64 valence electrons. The standard InChI is InChI=1S/C10H19N/c1-9-4-7-11(2)8-10(9)5-3-6-10/h9H,3-8H2,1-2H3. The molecule has 2 rings (SSSR count). The number of nitrogens with zero attached hydrogens (tertiary/aromatic N) is 1. The Kier molecular flexibility index (Phi) is 1.71. The third-order valence-electron chi connectivity index (χ3n) is 3.92. The Hall–Kier alpha value is -0.0400. The monoisotopic (exact) mass is 153 g/mol. The molecule has 1 unspecified atom stereocenters. The lowest BCUT2D eigenvalue weighted by Gasteiger charge is -2.52. The van der Waals surface area contributed by atoms with Crippen LogP contribution >= 0.6 is 0 Å². The highest BCUT2D eigenvalue weighted by Gasteiger charge is 2.44. The van der Waals surface area contributed by atoms with Gasteiger partial charge in [0.15, 0.2) is 0 Å². The molecule has 0 radical (unpaired) electrons. The van der Waals surface area contributed by atoms with Crippen LogP contribution in [-0.4, -0.2) is 25.0 Å². The zero-order valence-electron chi connectivity index (χ0n) is 7.77. The normalized spacial score (nSPS) is 37.1. The van der Waals surface area contributed by atoms with Crippen LogP contribution in [0.15, 0.2) is 0 Å². The quantitative estimate of drug-likeness (QED) is 0.515. The van der Waals surface area contributed by atoms with Gasteiger partial charge >= 0.3 is 0 Å². The van der Waals surface area contributed by atoms with Crippen molar-refractivity contribution >= 4 is 0 Å². The van der Waals surface area contributed by atoms with Gasteiger partial charge in [0.25, 0.3) is 0 Å². The molecule has 0 aromatic rings. The van der Waals surface area contributed by atoms with E-state index >= 15 is 0 Å². The molecular formula is C10H19N. The molecule has 2 aliphatic rings. The third-order valence-corrected chi connectivity index (χ3v) is 3.92. The van der Waals surface area contributed by atoms with Crippen LogP contribution in [0.5, 0.6) is 0 Å². The Morgan fingerprint density at radius 3 is 2.55 bits per heavy atom. The van der Waals surface area contributed by atoms with Crippen LogP contribution < -0.4 is 0 Å². The maximum Gasteiger partial charge on any atom is 0.00375 e. The Balaban J connectivity index is 2.04. The van der Waals surface area contributed by atoms with E-state index in [1.54, 1.807) is 0 Å². The van der Waals surface area contributed by atoms with Crippen LogP contribution in [0.4, 0.5) is 0 Å². The Bertz CT molecular complexity index is 149. The molecule has 11 heavy (non-hydrogen) atoms. The number of rotatable bonds is 0. The van der Waals surface area contributed by atoms with E-state index in [0.29, 0.717) is 0 Å². The summed E-state index contributed by atoms with van der Waals surface area (Å²) < 4.78 is 0. The van der Waals surface area contributed by atoms with E-state index in [9.17, 15) is 0 Å². The van der Waals surface area contributed by atoms with Crippen molar-refractivity contribution in [2.45, 2.75) is 32.6 Å². The van der Waals surface area contributed by atoms with E-state index in [0.717, 1.165) is 11.3 Å². The predicted octanol–water partition coefficient (Wildman–Crippen LogP) is 2.13. The van der Waals surface area contributed by atoms with Gasteiger partial charge in [-0.1, -0.05) is 13.3 Å². The largest absolute Gasteiger partial charge is 0.306 e. The highest BCUT2D eigenvalue weighted by Crippen LogP contribution is 2.50. The summed E-state index contributed by atoms with van der Waals surface area (Å²) in [5, 5.41) is 0. The smallest absolute Gasteiger partial charge is 0.00375 e. The van der Waals surface area contributed by atoms with Gasteiger partial charge in [0, 0.05) is 6.54 Å². The summed E-state index contributed by atoms with van der Waals surface area (Å²) in [4.78, 5) is 2.51. The van der Waals surface area contributed by atoms with Crippen LogP contribution in [0.2, 0.25) is 0 Å². The SMILES string of the molecule is CC1CCN(C)CC12CCC2. The highest BCUT2D eigenvalue weighted by atomic mass is 15.1. The van der Waals surface area contributed by atoms with Crippen molar-refractivity contribution in [3.05, 3.63) is 0 Å². The van der Waals surface area contributed by atoms with Crippen LogP contribution in [0.3, 0.4) is 0 Å². The first-order valence-corrected chi connectivity index (χ1v) is 4.91. The second-order valence-corrected chi connectivity index (χ2v) is 4.64. The van der Waals surface area contributed by atoms with Gasteiger partial charge in [-0.15, -0.1) is 0 Å². The highest BCUT2D eigenvalue weighted by molar-refractivity contribution is 4.96. The molecule has 0 amide bonds. The molecule has 1 nitrogen and oxygen atoms in total. The molecule has 1 saturated heterocycles. The summed E-state index contributed by atoms with van der Waals surface area (Å²) in [6.45, 7) is 5.14. The van der Waals surface area contributed by atoms with E-state index in [1.807, 2.05) is 0 Å². The van der Waals surface area contributed by atoms with Gasteiger partial charge in [0.1, 0.15) is 0 Å². The van der Waals surface area contributed by atoms with Gasteiger partial charge in [-0.3, -0.25) is 0 Å². The first-order valence-electron chi connectivity index (χ1n) is 4.91. The van der Waals surface area contributed by atoms with Crippen molar-refractivity contribution in [1.29, 1.82) is 0 Å². The van der Waals surface area contributed by atoms with Crippen molar-refractivity contribution in [3.63, 3.8) is 0 Å². The molecule has 1 atom stereocenters. The molecule has 2 fully saturated rings. The number of piperidine rings is 1. The van der Waals surface area contributed by atoms with Gasteiger partial charge in [-0.25, -0.2) is 0 Å². The van der Waals surface area contributed by atoms with E-state index in [1.165, 1.54) is 38.8 Å². The minimum Gasteiger partial charge on any atom is -0.306 e. The summed E-state index contributed by atoms with van der Waals surface area (Å²) in [5.74, 6) is 0.993. The maximum absolute atomic E-state index is 2.51. The molecule has 1 aliphatic heterocycles. The summed E-state index contributed by atoms with van der Waals surface area (Å²) in [6, 6.07) is 0. The number of likely N-dealkylation sites (tertiary alicyclic amines) is 1. The number of hydrogen-bond donors (Lipinski definition) is 0. The first kappa shape index (κ1) is 7.60. The second-order valence-electron chi connectivity index (χ2n) is 4.64. The average molecular weight is 153 g/mol. The molecule has 1 spiro atoms. The van der Waals surface area contributed by atoms with Crippen LogP contribution in [0, 0.1) is 11.3 Å². The molecule has 1 heteroatoms. The van der Waals surface area contributed by atoms with Crippen molar-refractivity contribution in [2.24, 2.45) is 11.3 Å². The van der Waals surface area contributed by atoms with E-state index in [4.69, 9.17) is 0 Å². The summed E-state index contributed by atoms with van der Waals surface area (Å²) >= 11 is 0. The van der Waals surface area contributed by atoms with Crippen LogP contribution in [-0.2, 0) is 0 Å². The topological polar surface area (TPSA) is 3.24 Å². The predicted molar refractivity (Wildman–Crippen MR) is 47.6 cm³/mol. The molecule has 1 aliphatic carbocycles. The Morgan fingerprint density at radius 2 is 2.09 bits per heavy atom. The minimum absolute atomic E-state index is 0.757. The first-order chi connectivity index (χ1) is 5.23. The molecule has 0 aromatic carbocycles. The summed E-state index contributed by atoms with van der Waals surface area (Å²) in [7, 11) is 2.27. The lowest BCUT2D eigenvalue weighted by Crippen LogP contribution is -2.50. The van der Waals surface area contributed by atoms with Crippen molar-refractivity contribution in [2.75, 3.05) is 20.1 Å². The average Bonchev–Trinajstić information content (AvgIpc) is 1.91. The molecule has 1 heterocycles. The maximum atomic E-state index is 2.51. The van der Waals surface area contributed by atoms with Crippen LogP contribution in [0.25, 0.3) is 0 Å². The van der Waals surface area contributed by atoms with Gasteiger partial charge < -0.3 is 4.90 Å². The van der Waals surface area contributed by atoms with E-state index in [2.05, 4.69) is 18.9 Å². The van der Waals surface area contributed by atoms with Crippen LogP contribution in [0.1, 0.15) is 32.6 Å². The summed E-state index contributed by atoms with van der Waals surface area (Å²) in [5.41, 5.74) is 0.757. The summed E-state index contributed by atoms with van der Waals surface area (Å²) in [6.07, 6.45) is 5.91. The minimum atomic E-state index is 0.757. The lowest BCUT2D eigenvalue weighted by molar-refractivity contribution is -0.0186. The van der Waals surface area contributed by atoms with E-state index in [-0.39, 0.29) is 0 Å². The molecule has 0 bridgehead atoms. The molecule has 0 N–H and O–H groups in total. The fourth-order valence-electron chi connectivity index (χ4n) is 2.77. The van der Waals surface area contributed by atoms with Crippen molar-refractivity contribution < 1.29 is 0 Å². The number of hydrogen-bond acceptors (Lipinski definition) is 1. The van der Waals surface area contributed by atoms with Crippen molar-refractivity contribution in [1.82, 2.24) is 4.90 Å². The van der Waals surface area contributed by atoms with Crippen molar-refractivity contribution in [3.8, 4) is 0 Å². The Labute approximate surface area is 69.8 Å². The fourth-order valence-corrected chi connectivity index (χ4v) is 2.77. The zero-order chi connectivity index (χ0) is 7.90. The van der Waals surface area contributed by atoms with E-state index < -0.39 is 0 Å². The van der Waals surface area contributed by atoms with Gasteiger partial charge in [-0.05, 0) is 44.2 Å². The third kappa shape index (κ3) is 1.10. The fraction of sp³-hybridized carbons (Fsp3) is 1.00. The second kappa shape index (κ2) is 2.48. The molecular weight excluding hydrogens is 134 g/mol. The van der Waals surface area contributed by atoms with Gasteiger partial charge in [0.2, 0.25) is 0 Å². The molecule has 0 aromatic heterocycles. The zero-order valence-corrected chi connectivity index (χ0v) is 7.77. The lowest BCUT2D eigenvalue weighted by atomic mass is 9.59. The Morgan fingerprint density at radius 1 is 1.36 bits per heavy atom. The van der Waals surface area contributed by atoms with Gasteiger partial charge in [-0.2, -0.15) is 0 Å².